The molecule has 2 N–H and O–H groups in total. The average Bonchev–Trinajstić information content (AvgIpc) is 2.97. The van der Waals surface area contributed by atoms with Crippen LogP contribution in [0.3, 0.4) is 0 Å². The highest BCUT2D eigenvalue weighted by Gasteiger charge is 2.36. The van der Waals surface area contributed by atoms with Gasteiger partial charge in [0.15, 0.2) is 0 Å². The number of hydrogen-bond donors (Lipinski definition) is 2. The Morgan fingerprint density at radius 3 is 2.81 bits per heavy atom. The highest BCUT2D eigenvalue weighted by molar-refractivity contribution is 5.98. The molecule has 2 aliphatic heterocycles. The molecule has 0 aliphatic carbocycles. The van der Waals surface area contributed by atoms with Gasteiger partial charge in [-0.05, 0) is 32.0 Å². The summed E-state index contributed by atoms with van der Waals surface area (Å²) < 4.78 is 5.40. The summed E-state index contributed by atoms with van der Waals surface area (Å²) in [5.41, 5.74) is 1.68. The molecule has 1 aromatic carbocycles. The molecule has 0 bridgehead atoms. The van der Waals surface area contributed by atoms with Crippen LogP contribution in [0.15, 0.2) is 24.3 Å². The number of carbonyl (C=O) groups excluding carboxylic acids is 1. The van der Waals surface area contributed by atoms with Crippen molar-refractivity contribution in [3.8, 4) is 0 Å². The molecule has 0 saturated carbocycles. The van der Waals surface area contributed by atoms with E-state index >= 15 is 0 Å². The van der Waals surface area contributed by atoms with Crippen molar-refractivity contribution in [3.63, 3.8) is 0 Å². The number of ether oxygens (including phenoxy) is 1. The average molecular weight is 289 g/mol. The second-order valence-corrected chi connectivity index (χ2v) is 6.06. The van der Waals surface area contributed by atoms with Crippen molar-refractivity contribution in [1.29, 1.82) is 0 Å². The summed E-state index contributed by atoms with van der Waals surface area (Å²) in [4.78, 5) is 14.8. The monoisotopic (exact) mass is 289 g/mol. The smallest absolute Gasteiger partial charge is 0.231 e. The highest BCUT2D eigenvalue weighted by atomic mass is 16.5. The van der Waals surface area contributed by atoms with Crippen molar-refractivity contribution in [2.45, 2.75) is 13.3 Å². The van der Waals surface area contributed by atoms with Gasteiger partial charge in [0.05, 0.1) is 30.0 Å². The molecular weight excluding hydrogens is 266 g/mol. The van der Waals surface area contributed by atoms with Gasteiger partial charge in [0.25, 0.3) is 0 Å². The van der Waals surface area contributed by atoms with E-state index in [9.17, 15) is 4.79 Å². The third-order valence-corrected chi connectivity index (χ3v) is 4.42. The third kappa shape index (κ3) is 3.04. The standard InChI is InChI=1S/C16H23N3O2/c1-16(6-7-17-12-16)15(20)18-13-4-2-3-5-14(13)19-8-10-21-11-9-19/h2-5,17H,6-12H2,1H3,(H,18,20). The number of anilines is 2. The normalized spacial score (nSPS) is 25.9. The Labute approximate surface area is 125 Å². The van der Waals surface area contributed by atoms with Crippen molar-refractivity contribution in [1.82, 2.24) is 5.32 Å². The van der Waals surface area contributed by atoms with Gasteiger partial charge in [-0.15, -0.1) is 0 Å². The number of carbonyl (C=O) groups is 1. The van der Waals surface area contributed by atoms with Gasteiger partial charge in [-0.3, -0.25) is 4.79 Å². The number of benzene rings is 1. The lowest BCUT2D eigenvalue weighted by Gasteiger charge is -2.31. The van der Waals surface area contributed by atoms with Crippen LogP contribution in [-0.2, 0) is 9.53 Å². The van der Waals surface area contributed by atoms with E-state index in [1.165, 1.54) is 0 Å². The molecule has 2 fully saturated rings. The summed E-state index contributed by atoms with van der Waals surface area (Å²) in [5.74, 6) is 0.105. The molecule has 2 heterocycles. The predicted octanol–water partition coefficient (Wildman–Crippen LogP) is 1.46. The zero-order chi connectivity index (χ0) is 14.7. The van der Waals surface area contributed by atoms with E-state index in [1.54, 1.807) is 0 Å². The first-order valence-corrected chi connectivity index (χ1v) is 7.63. The summed E-state index contributed by atoms with van der Waals surface area (Å²) in [6, 6.07) is 8.03. The molecule has 1 aromatic rings. The first-order valence-electron chi connectivity index (χ1n) is 7.63. The molecule has 114 valence electrons. The van der Waals surface area contributed by atoms with E-state index in [4.69, 9.17) is 4.74 Å². The summed E-state index contributed by atoms with van der Waals surface area (Å²) in [6.45, 7) is 6.90. The van der Waals surface area contributed by atoms with E-state index in [2.05, 4.69) is 21.6 Å². The van der Waals surface area contributed by atoms with Crippen LogP contribution in [0.4, 0.5) is 11.4 Å². The molecule has 21 heavy (non-hydrogen) atoms. The van der Waals surface area contributed by atoms with E-state index < -0.39 is 0 Å². The van der Waals surface area contributed by atoms with Crippen LogP contribution in [-0.4, -0.2) is 45.3 Å². The maximum Gasteiger partial charge on any atom is 0.231 e. The maximum absolute atomic E-state index is 12.6. The largest absolute Gasteiger partial charge is 0.378 e. The fourth-order valence-electron chi connectivity index (χ4n) is 2.94. The summed E-state index contributed by atoms with van der Waals surface area (Å²) in [6.07, 6.45) is 0.887. The van der Waals surface area contributed by atoms with Crippen LogP contribution >= 0.6 is 0 Å². The number of amides is 1. The third-order valence-electron chi connectivity index (χ3n) is 4.42. The summed E-state index contributed by atoms with van der Waals surface area (Å²) in [5, 5.41) is 6.40. The van der Waals surface area contributed by atoms with Crippen LogP contribution in [0.2, 0.25) is 0 Å². The topological polar surface area (TPSA) is 53.6 Å². The quantitative estimate of drug-likeness (QED) is 0.884. The van der Waals surface area contributed by atoms with Gasteiger partial charge < -0.3 is 20.3 Å². The zero-order valence-corrected chi connectivity index (χ0v) is 12.5. The van der Waals surface area contributed by atoms with E-state index in [1.807, 2.05) is 25.1 Å². The first kappa shape index (κ1) is 14.4. The van der Waals surface area contributed by atoms with E-state index in [-0.39, 0.29) is 11.3 Å². The Morgan fingerprint density at radius 1 is 1.33 bits per heavy atom. The van der Waals surface area contributed by atoms with Crippen molar-refractivity contribution in [2.24, 2.45) is 5.41 Å². The minimum atomic E-state index is -0.307. The van der Waals surface area contributed by atoms with E-state index in [0.29, 0.717) is 0 Å². The van der Waals surface area contributed by atoms with Gasteiger partial charge in [-0.2, -0.15) is 0 Å². The number of para-hydroxylation sites is 2. The molecule has 0 aromatic heterocycles. The SMILES string of the molecule is CC1(C(=O)Nc2ccccc2N2CCOCC2)CCNC1. The number of hydrogen-bond acceptors (Lipinski definition) is 4. The van der Waals surface area contributed by atoms with E-state index in [0.717, 1.165) is 57.2 Å². The highest BCUT2D eigenvalue weighted by Crippen LogP contribution is 2.30. The molecule has 3 rings (SSSR count). The number of nitrogens with zero attached hydrogens (tertiary/aromatic N) is 1. The summed E-state index contributed by atoms with van der Waals surface area (Å²) >= 11 is 0. The Bertz CT molecular complexity index is 506. The second-order valence-electron chi connectivity index (χ2n) is 6.06. The lowest BCUT2D eigenvalue weighted by atomic mass is 9.88. The van der Waals surface area contributed by atoms with Gasteiger partial charge in [0.1, 0.15) is 0 Å². The lowest BCUT2D eigenvalue weighted by Crippen LogP contribution is -2.38. The molecule has 0 spiro atoms. The Kier molecular flexibility index (Phi) is 4.12. The molecule has 1 unspecified atom stereocenters. The molecular formula is C16H23N3O2. The molecule has 2 aliphatic rings. The molecule has 0 radical (unpaired) electrons. The van der Waals surface area contributed by atoms with Crippen molar-refractivity contribution in [2.75, 3.05) is 49.6 Å². The van der Waals surface area contributed by atoms with Crippen molar-refractivity contribution >= 4 is 17.3 Å². The van der Waals surface area contributed by atoms with Crippen molar-refractivity contribution in [3.05, 3.63) is 24.3 Å². The molecule has 1 atom stereocenters. The minimum absolute atomic E-state index is 0.105. The number of nitrogens with one attached hydrogen (secondary N) is 2. The number of rotatable bonds is 3. The Hall–Kier alpha value is -1.59. The Morgan fingerprint density at radius 2 is 2.10 bits per heavy atom. The fourth-order valence-corrected chi connectivity index (χ4v) is 2.94. The minimum Gasteiger partial charge on any atom is -0.378 e. The fraction of sp³-hybridized carbons (Fsp3) is 0.562. The molecule has 2 saturated heterocycles. The molecule has 5 heteroatoms. The van der Waals surface area contributed by atoms with Crippen LogP contribution in [0.5, 0.6) is 0 Å². The van der Waals surface area contributed by atoms with Crippen LogP contribution in [0.1, 0.15) is 13.3 Å². The van der Waals surface area contributed by atoms with Crippen LogP contribution < -0.4 is 15.5 Å². The summed E-state index contributed by atoms with van der Waals surface area (Å²) in [7, 11) is 0. The second kappa shape index (κ2) is 6.03. The zero-order valence-electron chi connectivity index (χ0n) is 12.5. The maximum atomic E-state index is 12.6. The van der Waals surface area contributed by atoms with Crippen molar-refractivity contribution < 1.29 is 9.53 Å². The van der Waals surface area contributed by atoms with Gasteiger partial charge in [-0.25, -0.2) is 0 Å². The Balaban J connectivity index is 1.77. The van der Waals surface area contributed by atoms with Gasteiger partial charge >= 0.3 is 0 Å². The van der Waals surface area contributed by atoms with Gasteiger partial charge in [0.2, 0.25) is 5.91 Å². The number of morpholine rings is 1. The first-order chi connectivity index (χ1) is 10.2. The van der Waals surface area contributed by atoms with Gasteiger partial charge in [0, 0.05) is 19.6 Å². The predicted molar refractivity (Wildman–Crippen MR) is 83.7 cm³/mol. The lowest BCUT2D eigenvalue weighted by molar-refractivity contribution is -0.123. The molecule has 1 amide bonds. The van der Waals surface area contributed by atoms with Gasteiger partial charge in [-0.1, -0.05) is 12.1 Å². The van der Waals surface area contributed by atoms with Crippen LogP contribution in [0.25, 0.3) is 0 Å². The van der Waals surface area contributed by atoms with Crippen LogP contribution in [0, 0.1) is 5.41 Å². The molecule has 5 nitrogen and oxygen atoms in total.